The van der Waals surface area contributed by atoms with Gasteiger partial charge in [-0.3, -0.25) is 0 Å². The summed E-state index contributed by atoms with van der Waals surface area (Å²) in [6.07, 6.45) is 3.52. The van der Waals surface area contributed by atoms with Crippen molar-refractivity contribution in [1.29, 1.82) is 0 Å². The van der Waals surface area contributed by atoms with Gasteiger partial charge >= 0.3 is 5.97 Å². The molecule has 0 aromatic rings. The van der Waals surface area contributed by atoms with Gasteiger partial charge in [-0.25, -0.2) is 10.6 Å². The fourth-order valence-electron chi connectivity index (χ4n) is 1.06. The number of hydrogen-bond donors (Lipinski definition) is 2. The molecule has 5 heteroatoms. The van der Waals surface area contributed by atoms with Gasteiger partial charge in [-0.05, 0) is 18.8 Å². The van der Waals surface area contributed by atoms with E-state index in [1.54, 1.807) is 0 Å². The summed E-state index contributed by atoms with van der Waals surface area (Å²) in [5.74, 6) is 5.74. The van der Waals surface area contributed by atoms with Crippen molar-refractivity contribution in [3.63, 3.8) is 0 Å². The molecule has 0 saturated heterocycles. The molecule has 1 aliphatic carbocycles. The van der Waals surface area contributed by atoms with Crippen LogP contribution in [0.1, 0.15) is 12.8 Å². The van der Waals surface area contributed by atoms with Crippen LogP contribution in [0.2, 0.25) is 0 Å². The lowest BCUT2D eigenvalue weighted by Gasteiger charge is -2.18. The van der Waals surface area contributed by atoms with E-state index in [2.05, 4.69) is 4.74 Å². The molecular formula is C8H15N3O2. The first-order valence-corrected chi connectivity index (χ1v) is 4.21. The highest BCUT2D eigenvalue weighted by atomic mass is 16.5. The minimum atomic E-state index is -0.495. The molecule has 1 fully saturated rings. The van der Waals surface area contributed by atoms with Crippen LogP contribution in [-0.2, 0) is 9.53 Å². The Kier molecular flexibility index (Phi) is 3.13. The molecular weight excluding hydrogens is 170 g/mol. The Morgan fingerprint density at radius 1 is 1.69 bits per heavy atom. The minimum Gasteiger partial charge on any atom is -0.464 e. The SMILES string of the molecule is COC(=O)/C(=C/N)N(N)CC1CC1. The van der Waals surface area contributed by atoms with Gasteiger partial charge in [-0.15, -0.1) is 0 Å². The van der Waals surface area contributed by atoms with E-state index in [1.807, 2.05) is 0 Å². The molecule has 1 rings (SSSR count). The van der Waals surface area contributed by atoms with Gasteiger partial charge in [0.05, 0.1) is 7.11 Å². The number of nitrogens with zero attached hydrogens (tertiary/aromatic N) is 1. The number of ether oxygens (including phenoxy) is 1. The third-order valence-corrected chi connectivity index (χ3v) is 2.01. The standard InChI is InChI=1S/C8H15N3O2/c1-13-8(12)7(4-9)11(10)5-6-2-3-6/h4,6H,2-3,5,9-10H2,1H3/b7-4-. The van der Waals surface area contributed by atoms with E-state index in [-0.39, 0.29) is 5.70 Å². The summed E-state index contributed by atoms with van der Waals surface area (Å²) in [7, 11) is 1.30. The van der Waals surface area contributed by atoms with Crippen LogP contribution in [0.15, 0.2) is 11.9 Å². The van der Waals surface area contributed by atoms with Gasteiger partial charge in [0.15, 0.2) is 5.70 Å². The van der Waals surface area contributed by atoms with Crippen molar-refractivity contribution in [1.82, 2.24) is 5.01 Å². The van der Waals surface area contributed by atoms with Crippen LogP contribution >= 0.6 is 0 Å². The van der Waals surface area contributed by atoms with Crippen molar-refractivity contribution < 1.29 is 9.53 Å². The molecule has 0 heterocycles. The van der Waals surface area contributed by atoms with Crippen molar-refractivity contribution >= 4 is 5.97 Å². The molecule has 0 unspecified atom stereocenters. The average Bonchev–Trinajstić information content (AvgIpc) is 2.89. The summed E-state index contributed by atoms with van der Waals surface area (Å²) >= 11 is 0. The largest absolute Gasteiger partial charge is 0.464 e. The number of carbonyl (C=O) groups is 1. The normalized spacial score (nSPS) is 16.9. The van der Waals surface area contributed by atoms with Gasteiger partial charge in [0.25, 0.3) is 0 Å². The molecule has 0 spiro atoms. The fraction of sp³-hybridized carbons (Fsp3) is 0.625. The highest BCUT2D eigenvalue weighted by molar-refractivity contribution is 5.87. The van der Waals surface area contributed by atoms with E-state index in [4.69, 9.17) is 11.6 Å². The quantitative estimate of drug-likeness (QED) is 0.268. The number of carbonyl (C=O) groups excluding carboxylic acids is 1. The molecule has 0 atom stereocenters. The number of hydrazine groups is 1. The second-order valence-corrected chi connectivity index (χ2v) is 3.14. The molecule has 74 valence electrons. The molecule has 0 aromatic carbocycles. The summed E-state index contributed by atoms with van der Waals surface area (Å²) in [5.41, 5.74) is 5.48. The maximum Gasteiger partial charge on any atom is 0.357 e. The van der Waals surface area contributed by atoms with Gasteiger partial charge in [0, 0.05) is 12.7 Å². The minimum absolute atomic E-state index is 0.217. The highest BCUT2D eigenvalue weighted by Gasteiger charge is 2.26. The van der Waals surface area contributed by atoms with E-state index in [0.29, 0.717) is 12.5 Å². The summed E-state index contributed by atoms with van der Waals surface area (Å²) in [6, 6.07) is 0. The molecule has 0 radical (unpaired) electrons. The summed E-state index contributed by atoms with van der Waals surface area (Å²) in [6.45, 7) is 0.665. The lowest BCUT2D eigenvalue weighted by molar-refractivity contribution is -0.138. The van der Waals surface area contributed by atoms with E-state index in [0.717, 1.165) is 0 Å². The molecule has 4 N–H and O–H groups in total. The average molecular weight is 185 g/mol. The van der Waals surface area contributed by atoms with Gasteiger partial charge in [0.1, 0.15) is 0 Å². The first-order chi connectivity index (χ1) is 6.19. The number of rotatable bonds is 4. The fourth-order valence-corrected chi connectivity index (χ4v) is 1.06. The summed E-state index contributed by atoms with van der Waals surface area (Å²) in [4.78, 5) is 11.1. The van der Waals surface area contributed by atoms with Crippen LogP contribution in [0.3, 0.4) is 0 Å². The van der Waals surface area contributed by atoms with Gasteiger partial charge in [-0.1, -0.05) is 0 Å². The third-order valence-electron chi connectivity index (χ3n) is 2.01. The van der Waals surface area contributed by atoms with Crippen LogP contribution in [0.25, 0.3) is 0 Å². The van der Waals surface area contributed by atoms with Crippen molar-refractivity contribution in [3.05, 3.63) is 11.9 Å². The number of nitrogens with two attached hydrogens (primary N) is 2. The predicted octanol–water partition coefficient (Wildman–Crippen LogP) is -0.455. The zero-order valence-electron chi connectivity index (χ0n) is 7.69. The molecule has 0 aromatic heterocycles. The van der Waals surface area contributed by atoms with E-state index in [9.17, 15) is 4.79 Å². The predicted molar refractivity (Wildman–Crippen MR) is 47.9 cm³/mol. The van der Waals surface area contributed by atoms with Crippen LogP contribution in [0.4, 0.5) is 0 Å². The second kappa shape index (κ2) is 4.13. The van der Waals surface area contributed by atoms with Crippen molar-refractivity contribution in [2.75, 3.05) is 13.7 Å². The van der Waals surface area contributed by atoms with E-state index in [1.165, 1.54) is 31.2 Å². The number of esters is 1. The zero-order valence-corrected chi connectivity index (χ0v) is 7.69. The topological polar surface area (TPSA) is 81.6 Å². The molecule has 13 heavy (non-hydrogen) atoms. The van der Waals surface area contributed by atoms with Crippen LogP contribution in [0, 0.1) is 5.92 Å². The number of hydrogen-bond acceptors (Lipinski definition) is 5. The maximum absolute atomic E-state index is 11.1. The van der Waals surface area contributed by atoms with Crippen molar-refractivity contribution in [2.45, 2.75) is 12.8 Å². The Morgan fingerprint density at radius 3 is 2.69 bits per heavy atom. The van der Waals surface area contributed by atoms with E-state index < -0.39 is 5.97 Å². The highest BCUT2D eigenvalue weighted by Crippen LogP contribution is 2.29. The second-order valence-electron chi connectivity index (χ2n) is 3.14. The lowest BCUT2D eigenvalue weighted by atomic mass is 10.3. The van der Waals surface area contributed by atoms with Gasteiger partial charge < -0.3 is 15.5 Å². The zero-order chi connectivity index (χ0) is 9.84. The molecule has 0 amide bonds. The Balaban J connectivity index is 2.49. The molecule has 1 saturated carbocycles. The lowest BCUT2D eigenvalue weighted by Crippen LogP contribution is -2.36. The van der Waals surface area contributed by atoms with Gasteiger partial charge in [0.2, 0.25) is 0 Å². The van der Waals surface area contributed by atoms with Crippen LogP contribution < -0.4 is 11.6 Å². The number of methoxy groups -OCH3 is 1. The van der Waals surface area contributed by atoms with Crippen molar-refractivity contribution in [2.24, 2.45) is 17.5 Å². The molecule has 0 aliphatic heterocycles. The van der Waals surface area contributed by atoms with Crippen LogP contribution in [-0.4, -0.2) is 24.6 Å². The van der Waals surface area contributed by atoms with Crippen LogP contribution in [0.5, 0.6) is 0 Å². The maximum atomic E-state index is 11.1. The van der Waals surface area contributed by atoms with Crippen molar-refractivity contribution in [3.8, 4) is 0 Å². The van der Waals surface area contributed by atoms with E-state index >= 15 is 0 Å². The Labute approximate surface area is 77.3 Å². The first-order valence-electron chi connectivity index (χ1n) is 4.21. The Morgan fingerprint density at radius 2 is 2.31 bits per heavy atom. The Hall–Kier alpha value is -1.23. The monoisotopic (exact) mass is 185 g/mol. The molecule has 5 nitrogen and oxygen atoms in total. The smallest absolute Gasteiger partial charge is 0.357 e. The first kappa shape index (κ1) is 9.85. The van der Waals surface area contributed by atoms with Gasteiger partial charge in [-0.2, -0.15) is 0 Å². The summed E-state index contributed by atoms with van der Waals surface area (Å²) in [5, 5.41) is 1.35. The Bertz CT molecular complexity index is 223. The summed E-state index contributed by atoms with van der Waals surface area (Å²) < 4.78 is 4.52. The molecule has 0 bridgehead atoms. The molecule has 1 aliphatic rings. The third kappa shape index (κ3) is 2.62.